The van der Waals surface area contributed by atoms with Crippen molar-refractivity contribution in [3.63, 3.8) is 0 Å². The van der Waals surface area contributed by atoms with Gasteiger partial charge in [0.2, 0.25) is 11.8 Å². The van der Waals surface area contributed by atoms with E-state index in [1.165, 1.54) is 0 Å². The summed E-state index contributed by atoms with van der Waals surface area (Å²) in [6, 6.07) is 7.62. The molecule has 0 spiro atoms. The Bertz CT molecular complexity index is 578. The summed E-state index contributed by atoms with van der Waals surface area (Å²) in [7, 11) is 0. The SMILES string of the molecule is CCCN(CCC)C(=O)C1(C(=O)NCCc2cccc(Cl)c2)CC1. The Morgan fingerprint density at radius 3 is 2.42 bits per heavy atom. The molecular formula is C19H27ClN2O2. The fourth-order valence-electron chi connectivity index (χ4n) is 3.00. The van der Waals surface area contributed by atoms with Gasteiger partial charge < -0.3 is 10.2 Å². The molecule has 5 heteroatoms. The predicted octanol–water partition coefficient (Wildman–Crippen LogP) is 3.43. The molecule has 1 aromatic carbocycles. The minimum Gasteiger partial charge on any atom is -0.355 e. The van der Waals surface area contributed by atoms with Crippen molar-refractivity contribution in [1.82, 2.24) is 10.2 Å². The summed E-state index contributed by atoms with van der Waals surface area (Å²) < 4.78 is 0. The van der Waals surface area contributed by atoms with Crippen LogP contribution in [0.15, 0.2) is 24.3 Å². The first kappa shape index (κ1) is 18.8. The molecule has 1 saturated carbocycles. The molecule has 1 fully saturated rings. The van der Waals surface area contributed by atoms with E-state index in [1.807, 2.05) is 29.2 Å². The van der Waals surface area contributed by atoms with Crippen LogP contribution in [-0.4, -0.2) is 36.3 Å². The van der Waals surface area contributed by atoms with Crippen LogP contribution in [-0.2, 0) is 16.0 Å². The van der Waals surface area contributed by atoms with Gasteiger partial charge in [-0.3, -0.25) is 9.59 Å². The molecule has 1 N–H and O–H groups in total. The van der Waals surface area contributed by atoms with Crippen LogP contribution in [0.3, 0.4) is 0 Å². The van der Waals surface area contributed by atoms with Gasteiger partial charge in [-0.05, 0) is 49.8 Å². The number of carbonyl (C=O) groups is 2. The van der Waals surface area contributed by atoms with Gasteiger partial charge in [-0.15, -0.1) is 0 Å². The van der Waals surface area contributed by atoms with Crippen LogP contribution in [0.2, 0.25) is 5.02 Å². The number of amides is 2. The maximum Gasteiger partial charge on any atom is 0.238 e. The molecule has 0 saturated heterocycles. The Morgan fingerprint density at radius 1 is 1.21 bits per heavy atom. The van der Waals surface area contributed by atoms with Gasteiger partial charge in [0, 0.05) is 24.7 Å². The molecule has 2 rings (SSSR count). The molecule has 0 radical (unpaired) electrons. The van der Waals surface area contributed by atoms with E-state index in [4.69, 9.17) is 11.6 Å². The second kappa shape index (κ2) is 8.52. The standard InChI is InChI=1S/C19H27ClN2O2/c1-3-12-22(13-4-2)18(24)19(9-10-19)17(23)21-11-8-15-6-5-7-16(20)14-15/h5-7,14H,3-4,8-13H2,1-2H3,(H,21,23). The van der Waals surface area contributed by atoms with E-state index < -0.39 is 5.41 Å². The first-order chi connectivity index (χ1) is 11.5. The van der Waals surface area contributed by atoms with Crippen LogP contribution in [0.1, 0.15) is 45.1 Å². The predicted molar refractivity (Wildman–Crippen MR) is 97.0 cm³/mol. The lowest BCUT2D eigenvalue weighted by molar-refractivity contribution is -0.144. The minimum absolute atomic E-state index is 0.00598. The Kier molecular flexibility index (Phi) is 6.67. The zero-order valence-electron chi connectivity index (χ0n) is 14.6. The van der Waals surface area contributed by atoms with Crippen LogP contribution in [0, 0.1) is 5.41 Å². The average molecular weight is 351 g/mol. The molecule has 0 aliphatic heterocycles. The number of hydrogen-bond acceptors (Lipinski definition) is 2. The minimum atomic E-state index is -0.807. The van der Waals surface area contributed by atoms with E-state index in [9.17, 15) is 9.59 Å². The van der Waals surface area contributed by atoms with E-state index in [0.29, 0.717) is 30.8 Å². The number of carbonyl (C=O) groups excluding carboxylic acids is 2. The number of benzene rings is 1. The summed E-state index contributed by atoms with van der Waals surface area (Å²) in [5.41, 5.74) is 0.274. The summed E-state index contributed by atoms with van der Waals surface area (Å²) in [5.74, 6) is -0.113. The van der Waals surface area contributed by atoms with Gasteiger partial charge in [-0.1, -0.05) is 37.6 Å². The summed E-state index contributed by atoms with van der Waals surface area (Å²) >= 11 is 5.97. The van der Waals surface area contributed by atoms with E-state index in [-0.39, 0.29) is 11.8 Å². The van der Waals surface area contributed by atoms with Gasteiger partial charge in [0.25, 0.3) is 0 Å². The molecule has 2 amide bonds. The Balaban J connectivity index is 1.89. The molecule has 0 atom stereocenters. The van der Waals surface area contributed by atoms with Crippen molar-refractivity contribution < 1.29 is 9.59 Å². The van der Waals surface area contributed by atoms with Crippen molar-refractivity contribution in [3.8, 4) is 0 Å². The number of nitrogens with one attached hydrogen (secondary N) is 1. The lowest BCUT2D eigenvalue weighted by Crippen LogP contribution is -2.46. The fraction of sp³-hybridized carbons (Fsp3) is 0.579. The smallest absolute Gasteiger partial charge is 0.238 e. The van der Waals surface area contributed by atoms with Crippen molar-refractivity contribution in [2.45, 2.75) is 46.0 Å². The first-order valence-electron chi connectivity index (χ1n) is 8.85. The van der Waals surface area contributed by atoms with Crippen molar-refractivity contribution in [3.05, 3.63) is 34.9 Å². The summed E-state index contributed by atoms with van der Waals surface area (Å²) in [6.07, 6.45) is 3.87. The molecule has 0 bridgehead atoms. The Morgan fingerprint density at radius 2 is 1.88 bits per heavy atom. The highest BCUT2D eigenvalue weighted by atomic mass is 35.5. The largest absolute Gasteiger partial charge is 0.355 e. The van der Waals surface area contributed by atoms with Gasteiger partial charge in [0.1, 0.15) is 5.41 Å². The number of rotatable bonds is 9. The zero-order valence-corrected chi connectivity index (χ0v) is 15.4. The van der Waals surface area contributed by atoms with Gasteiger partial charge in [0.05, 0.1) is 0 Å². The van der Waals surface area contributed by atoms with Gasteiger partial charge >= 0.3 is 0 Å². The van der Waals surface area contributed by atoms with Gasteiger partial charge in [-0.2, -0.15) is 0 Å². The fourth-order valence-corrected chi connectivity index (χ4v) is 3.22. The van der Waals surface area contributed by atoms with Crippen molar-refractivity contribution in [2.75, 3.05) is 19.6 Å². The van der Waals surface area contributed by atoms with Crippen LogP contribution in [0.25, 0.3) is 0 Å². The van der Waals surface area contributed by atoms with Gasteiger partial charge in [0.15, 0.2) is 0 Å². The summed E-state index contributed by atoms with van der Waals surface area (Å²) in [6.45, 7) is 6.09. The summed E-state index contributed by atoms with van der Waals surface area (Å²) in [5, 5.41) is 3.64. The maximum absolute atomic E-state index is 12.8. The van der Waals surface area contributed by atoms with Gasteiger partial charge in [-0.25, -0.2) is 0 Å². The molecule has 0 aromatic heterocycles. The lowest BCUT2D eigenvalue weighted by atomic mass is 10.0. The van der Waals surface area contributed by atoms with Crippen LogP contribution < -0.4 is 5.32 Å². The van der Waals surface area contributed by atoms with E-state index in [2.05, 4.69) is 19.2 Å². The van der Waals surface area contributed by atoms with Crippen LogP contribution in [0.4, 0.5) is 0 Å². The quantitative estimate of drug-likeness (QED) is 0.694. The zero-order chi connectivity index (χ0) is 17.6. The first-order valence-corrected chi connectivity index (χ1v) is 9.23. The van der Waals surface area contributed by atoms with Crippen molar-refractivity contribution >= 4 is 23.4 Å². The Hall–Kier alpha value is -1.55. The number of hydrogen-bond donors (Lipinski definition) is 1. The third-order valence-corrected chi connectivity index (χ3v) is 4.69. The van der Waals surface area contributed by atoms with E-state index in [0.717, 1.165) is 31.5 Å². The molecule has 0 unspecified atom stereocenters. The molecule has 1 aliphatic rings. The normalized spacial score (nSPS) is 15.0. The molecule has 24 heavy (non-hydrogen) atoms. The van der Waals surface area contributed by atoms with Crippen LogP contribution >= 0.6 is 11.6 Å². The average Bonchev–Trinajstić information content (AvgIpc) is 3.36. The maximum atomic E-state index is 12.8. The molecule has 132 valence electrons. The highest BCUT2D eigenvalue weighted by Gasteiger charge is 2.57. The molecule has 4 nitrogen and oxygen atoms in total. The summed E-state index contributed by atoms with van der Waals surface area (Å²) in [4.78, 5) is 27.2. The molecular weight excluding hydrogens is 324 g/mol. The van der Waals surface area contributed by atoms with Crippen molar-refractivity contribution in [1.29, 1.82) is 0 Å². The second-order valence-electron chi connectivity index (χ2n) is 6.51. The number of halogens is 1. The van der Waals surface area contributed by atoms with Crippen LogP contribution in [0.5, 0.6) is 0 Å². The molecule has 1 aromatic rings. The third-order valence-electron chi connectivity index (χ3n) is 4.46. The third kappa shape index (κ3) is 4.50. The Labute approximate surface area is 149 Å². The topological polar surface area (TPSA) is 49.4 Å². The number of nitrogens with zero attached hydrogens (tertiary/aromatic N) is 1. The van der Waals surface area contributed by atoms with Crippen molar-refractivity contribution in [2.24, 2.45) is 5.41 Å². The highest BCUT2D eigenvalue weighted by molar-refractivity contribution is 6.30. The molecule has 1 aliphatic carbocycles. The van der Waals surface area contributed by atoms with E-state index >= 15 is 0 Å². The lowest BCUT2D eigenvalue weighted by Gasteiger charge is -2.26. The molecule has 0 heterocycles. The monoisotopic (exact) mass is 350 g/mol. The second-order valence-corrected chi connectivity index (χ2v) is 6.95. The highest BCUT2D eigenvalue weighted by Crippen LogP contribution is 2.47. The van der Waals surface area contributed by atoms with E-state index in [1.54, 1.807) is 0 Å².